The number of hydrogen-bond acceptors (Lipinski definition) is 4. The molecule has 2 aliphatic rings. The summed E-state index contributed by atoms with van der Waals surface area (Å²) < 4.78 is 136. The van der Waals surface area contributed by atoms with Crippen LogP contribution in [-0.2, 0) is 28.4 Å². The molecule has 1 saturated carbocycles. The van der Waals surface area contributed by atoms with Gasteiger partial charge in [0.15, 0.2) is 5.54 Å². The number of nitrogens with zero attached hydrogens (tertiary/aromatic N) is 2. The van der Waals surface area contributed by atoms with Crippen molar-refractivity contribution >= 4 is 17.9 Å². The lowest BCUT2D eigenvalue weighted by molar-refractivity contribution is -0.199. The quantitative estimate of drug-likeness (QED) is 0.320. The van der Waals surface area contributed by atoms with Gasteiger partial charge in [0.25, 0.3) is 0 Å². The third-order valence-corrected chi connectivity index (χ3v) is 7.42. The minimum Gasteiger partial charge on any atom is -0.453 e. The molecule has 42 heavy (non-hydrogen) atoms. The SMILES string of the molecule is CCOC(=O)N1c2ccccc2[C@@H](N(Cc2cc(C(F)(F)F)cc(C(F)(F)F)c2)C(=O)OC)C[C@]1(C1CC1)C(F)(F)F. The minimum absolute atomic E-state index is 0.000464. The predicted octanol–water partition coefficient (Wildman–Crippen LogP) is 8.11. The maximum Gasteiger partial charge on any atom is 0.416 e. The average molecular weight is 612 g/mol. The van der Waals surface area contributed by atoms with Crippen LogP contribution in [0.3, 0.4) is 0 Å². The highest BCUT2D eigenvalue weighted by molar-refractivity contribution is 5.92. The first-order valence-electron chi connectivity index (χ1n) is 12.7. The average Bonchev–Trinajstić information content (AvgIpc) is 3.74. The topological polar surface area (TPSA) is 59.1 Å². The fourth-order valence-electron chi connectivity index (χ4n) is 5.52. The number of methoxy groups -OCH3 is 1. The molecule has 1 fully saturated rings. The molecule has 0 radical (unpaired) electrons. The molecule has 0 unspecified atom stereocenters. The van der Waals surface area contributed by atoms with Crippen molar-refractivity contribution in [2.45, 2.75) is 62.8 Å². The second-order valence-corrected chi connectivity index (χ2v) is 10.0. The minimum atomic E-state index is -5.19. The van der Waals surface area contributed by atoms with Crippen molar-refractivity contribution in [3.63, 3.8) is 0 Å². The molecule has 0 spiro atoms. The summed E-state index contributed by atoms with van der Waals surface area (Å²) in [6.07, 6.45) is -18.9. The van der Waals surface area contributed by atoms with Crippen LogP contribution in [0.25, 0.3) is 0 Å². The highest BCUT2D eigenvalue weighted by Gasteiger charge is 2.70. The first-order valence-corrected chi connectivity index (χ1v) is 12.7. The summed E-state index contributed by atoms with van der Waals surface area (Å²) in [5.41, 5.74) is -7.11. The number of hydrogen-bond donors (Lipinski definition) is 0. The van der Waals surface area contributed by atoms with Crippen LogP contribution in [0.1, 0.15) is 54.5 Å². The Morgan fingerprint density at radius 1 is 0.952 bits per heavy atom. The predicted molar refractivity (Wildman–Crippen MR) is 129 cm³/mol. The number of carbonyl (C=O) groups is 2. The zero-order valence-corrected chi connectivity index (χ0v) is 22.2. The van der Waals surface area contributed by atoms with Gasteiger partial charge >= 0.3 is 30.7 Å². The molecule has 4 rings (SSSR count). The van der Waals surface area contributed by atoms with E-state index in [1.54, 1.807) is 0 Å². The maximum atomic E-state index is 15.1. The van der Waals surface area contributed by atoms with E-state index in [-0.39, 0.29) is 36.8 Å². The van der Waals surface area contributed by atoms with Crippen LogP contribution in [0.2, 0.25) is 0 Å². The van der Waals surface area contributed by atoms with Gasteiger partial charge in [-0.25, -0.2) is 9.59 Å². The van der Waals surface area contributed by atoms with E-state index in [0.29, 0.717) is 21.9 Å². The van der Waals surface area contributed by atoms with E-state index in [2.05, 4.69) is 0 Å². The first kappa shape index (κ1) is 31.3. The summed E-state index contributed by atoms with van der Waals surface area (Å²) in [5, 5.41) is 0. The van der Waals surface area contributed by atoms with Crippen molar-refractivity contribution in [1.29, 1.82) is 0 Å². The van der Waals surface area contributed by atoms with Crippen LogP contribution in [0.15, 0.2) is 42.5 Å². The van der Waals surface area contributed by atoms with E-state index in [1.165, 1.54) is 31.2 Å². The summed E-state index contributed by atoms with van der Waals surface area (Å²) in [7, 11) is 0.875. The smallest absolute Gasteiger partial charge is 0.416 e. The van der Waals surface area contributed by atoms with Crippen LogP contribution >= 0.6 is 0 Å². The lowest BCUT2D eigenvalue weighted by Crippen LogP contribution is -2.66. The molecule has 0 saturated heterocycles. The van der Waals surface area contributed by atoms with Crippen molar-refractivity contribution in [1.82, 2.24) is 4.90 Å². The molecule has 1 aliphatic carbocycles. The molecule has 0 bridgehead atoms. The second-order valence-electron chi connectivity index (χ2n) is 10.0. The van der Waals surface area contributed by atoms with Gasteiger partial charge in [-0.05, 0) is 61.1 Å². The Morgan fingerprint density at radius 2 is 1.52 bits per heavy atom. The maximum absolute atomic E-state index is 15.1. The third kappa shape index (κ3) is 5.69. The fraction of sp³-hybridized carbons (Fsp3) is 0.481. The van der Waals surface area contributed by atoms with Gasteiger partial charge in [0.2, 0.25) is 0 Å². The number of alkyl halides is 9. The van der Waals surface area contributed by atoms with Crippen molar-refractivity contribution in [3.05, 3.63) is 64.7 Å². The van der Waals surface area contributed by atoms with Crippen molar-refractivity contribution in [2.75, 3.05) is 18.6 Å². The number of fused-ring (bicyclic) bond motifs is 1. The highest BCUT2D eigenvalue weighted by Crippen LogP contribution is 2.60. The Hall–Kier alpha value is -3.65. The van der Waals surface area contributed by atoms with Crippen LogP contribution < -0.4 is 4.90 Å². The van der Waals surface area contributed by atoms with Gasteiger partial charge in [-0.1, -0.05) is 18.2 Å². The van der Waals surface area contributed by atoms with Gasteiger partial charge in [0, 0.05) is 13.0 Å². The van der Waals surface area contributed by atoms with E-state index in [4.69, 9.17) is 9.47 Å². The Bertz CT molecular complexity index is 1310. The zero-order valence-electron chi connectivity index (χ0n) is 22.2. The van der Waals surface area contributed by atoms with Crippen LogP contribution in [0, 0.1) is 5.92 Å². The van der Waals surface area contributed by atoms with Gasteiger partial charge in [0.1, 0.15) is 0 Å². The number of halogens is 9. The molecule has 15 heteroatoms. The molecule has 2 amide bonds. The van der Waals surface area contributed by atoms with Crippen LogP contribution in [0.4, 0.5) is 54.8 Å². The van der Waals surface area contributed by atoms with E-state index in [9.17, 15) is 35.9 Å². The standard InChI is InChI=1S/C27H25F9N2O4/c1-3-42-23(40)38-20-7-5-4-6-19(20)21(13-24(38,16-8-9-16)27(34,35)36)37(22(39)41-2)14-15-10-17(25(28,29)30)12-18(11-15)26(31,32)33/h4-7,10-12,16,21H,3,8-9,13-14H2,1-2H3/t21-,24-/m0/s1. The monoisotopic (exact) mass is 612 g/mol. The molecule has 1 aliphatic heterocycles. The molecule has 0 N–H and O–H groups in total. The van der Waals surface area contributed by atoms with Crippen LogP contribution in [0.5, 0.6) is 0 Å². The summed E-state index contributed by atoms with van der Waals surface area (Å²) in [6.45, 7) is 0.202. The summed E-state index contributed by atoms with van der Waals surface area (Å²) in [6, 6.07) is 4.42. The van der Waals surface area contributed by atoms with E-state index in [0.717, 1.165) is 7.11 Å². The first-order chi connectivity index (χ1) is 19.5. The van der Waals surface area contributed by atoms with E-state index in [1.807, 2.05) is 0 Å². The molecule has 230 valence electrons. The van der Waals surface area contributed by atoms with E-state index < -0.39 is 77.9 Å². The number of ether oxygens (including phenoxy) is 2. The van der Waals surface area contributed by atoms with Crippen LogP contribution in [-0.4, -0.2) is 42.5 Å². The Kier molecular flexibility index (Phi) is 8.11. The molecule has 6 nitrogen and oxygen atoms in total. The summed E-state index contributed by atoms with van der Waals surface area (Å²) in [4.78, 5) is 27.3. The number of amides is 2. The molecule has 2 aromatic rings. The molecule has 2 aromatic carbocycles. The zero-order chi connectivity index (χ0) is 31.3. The number of para-hydroxylation sites is 1. The summed E-state index contributed by atoms with van der Waals surface area (Å²) in [5.74, 6) is -1.11. The summed E-state index contributed by atoms with van der Waals surface area (Å²) >= 11 is 0. The van der Waals surface area contributed by atoms with Gasteiger partial charge in [0.05, 0.1) is 36.6 Å². The van der Waals surface area contributed by atoms with Crippen molar-refractivity contribution < 1.29 is 58.6 Å². The molecule has 0 aromatic heterocycles. The third-order valence-electron chi connectivity index (χ3n) is 7.42. The molecule has 1 heterocycles. The van der Waals surface area contributed by atoms with Crippen molar-refractivity contribution in [3.8, 4) is 0 Å². The molecular formula is C27H25F9N2O4. The lowest BCUT2D eigenvalue weighted by Gasteiger charge is -2.52. The van der Waals surface area contributed by atoms with Gasteiger partial charge < -0.3 is 9.47 Å². The molecule has 2 atom stereocenters. The Labute approximate surface area is 234 Å². The highest BCUT2D eigenvalue weighted by atomic mass is 19.4. The van der Waals surface area contributed by atoms with Gasteiger partial charge in [-0.3, -0.25) is 9.80 Å². The lowest BCUT2D eigenvalue weighted by atomic mass is 9.76. The number of benzene rings is 2. The molecular weight excluding hydrogens is 587 g/mol. The fourth-order valence-corrected chi connectivity index (χ4v) is 5.52. The number of carbonyl (C=O) groups excluding carboxylic acids is 2. The Morgan fingerprint density at radius 3 is 2.00 bits per heavy atom. The second kappa shape index (κ2) is 10.9. The van der Waals surface area contributed by atoms with Crippen molar-refractivity contribution in [2.24, 2.45) is 5.92 Å². The van der Waals surface area contributed by atoms with E-state index >= 15 is 13.2 Å². The Balaban J connectivity index is 1.92. The normalized spacial score (nSPS) is 21.0. The largest absolute Gasteiger partial charge is 0.453 e. The number of anilines is 1. The number of rotatable bonds is 5. The van der Waals surface area contributed by atoms with Gasteiger partial charge in [-0.15, -0.1) is 0 Å². The van der Waals surface area contributed by atoms with Gasteiger partial charge in [-0.2, -0.15) is 39.5 Å².